The summed E-state index contributed by atoms with van der Waals surface area (Å²) in [6.45, 7) is 0. The van der Waals surface area contributed by atoms with E-state index in [4.69, 9.17) is 17.0 Å². The first-order chi connectivity index (χ1) is 6.79. The van der Waals surface area contributed by atoms with Crippen LogP contribution in [0.25, 0.3) is 4.98 Å². The average molecular weight is 285 g/mol. The van der Waals surface area contributed by atoms with Crippen molar-refractivity contribution < 1.29 is 25.2 Å². The van der Waals surface area contributed by atoms with Gasteiger partial charge in [-0.3, -0.25) is 0 Å². The van der Waals surface area contributed by atoms with Crippen LogP contribution in [0.1, 0.15) is 0 Å². The molecule has 0 bridgehead atoms. The Bertz CT molecular complexity index is 410. The Hall–Kier alpha value is -1.06. The third-order valence-corrected chi connectivity index (χ3v) is 1.28. The summed E-state index contributed by atoms with van der Waals surface area (Å²) in [7, 11) is -10.7. The predicted octanol–water partition coefficient (Wildman–Crippen LogP) is 6.21. The number of benzene rings is 1. The van der Waals surface area contributed by atoms with Crippen LogP contribution in [-0.2, 0) is 0 Å². The minimum absolute atomic E-state index is 0.402. The first-order valence-electron chi connectivity index (χ1n) is 3.45. The largest absolute Gasteiger partial charge is 0.403 e. The zero-order chi connectivity index (χ0) is 13.1. The van der Waals surface area contributed by atoms with Crippen LogP contribution in [0.4, 0.5) is 30.9 Å². The van der Waals surface area contributed by atoms with Gasteiger partial charge in [0.15, 0.2) is 4.98 Å². The van der Waals surface area contributed by atoms with Crippen LogP contribution >= 0.6 is 19.4 Å². The molecule has 0 aliphatic carbocycles. The van der Waals surface area contributed by atoms with E-state index in [0.717, 1.165) is 0 Å². The molecule has 1 rings (SSSR count). The Morgan fingerprint density at radius 3 is 1.62 bits per heavy atom. The molecule has 0 unspecified atom stereocenters. The second-order valence-electron chi connectivity index (χ2n) is 2.51. The van der Waals surface area contributed by atoms with E-state index in [-0.39, 0.29) is 0 Å². The Labute approximate surface area is 90.7 Å². The van der Waals surface area contributed by atoms with Gasteiger partial charge in [-0.2, -0.15) is 0 Å². The summed E-state index contributed by atoms with van der Waals surface area (Å²) >= 11 is 5.57. The van der Waals surface area contributed by atoms with Crippen molar-refractivity contribution in [3.63, 3.8) is 0 Å². The van der Waals surface area contributed by atoms with Crippen molar-refractivity contribution in [3.05, 3.63) is 34.3 Å². The quantitative estimate of drug-likeness (QED) is 0.316. The van der Waals surface area contributed by atoms with Crippen LogP contribution in [0, 0.1) is 5.39 Å². The van der Waals surface area contributed by atoms with Crippen molar-refractivity contribution in [2.75, 3.05) is 0 Å². The van der Waals surface area contributed by atoms with Gasteiger partial charge < -0.3 is 0 Å². The van der Waals surface area contributed by atoms with E-state index in [9.17, 15) is 25.2 Å². The van der Waals surface area contributed by atoms with Crippen LogP contribution in [0.15, 0.2) is 24.3 Å². The number of halogens is 7. The summed E-state index contributed by atoms with van der Waals surface area (Å²) < 4.78 is 59.2. The van der Waals surface area contributed by atoms with Crippen molar-refractivity contribution in [2.24, 2.45) is 0 Å². The number of rotatable bonds is 0. The van der Waals surface area contributed by atoms with Crippen molar-refractivity contribution in [3.8, 4) is 0 Å². The Balaban J connectivity index is 0.000000293. The number of hydrogen-bond donors (Lipinski definition) is 0. The first-order valence-corrected chi connectivity index (χ1v) is 5.86. The summed E-state index contributed by atoms with van der Waals surface area (Å²) in [6.07, 6.45) is 0. The fourth-order valence-corrected chi connectivity index (χ4v) is 0.706. The molecule has 0 heterocycles. The second kappa shape index (κ2) is 3.75. The van der Waals surface area contributed by atoms with Crippen LogP contribution < -0.4 is 0 Å². The smallest absolute Gasteiger partial charge is 0.0755 e. The fraction of sp³-hybridized carbons (Fsp3) is 0. The molecule has 2 nitrogen and oxygen atoms in total. The molecule has 0 aromatic heterocycles. The maximum atomic E-state index is 9.87. The fourth-order valence-electron chi connectivity index (χ4n) is 0.533. The van der Waals surface area contributed by atoms with Crippen molar-refractivity contribution >= 4 is 25.1 Å². The molecule has 1 aromatic rings. The first kappa shape index (κ1) is 14.9. The summed E-state index contributed by atoms with van der Waals surface area (Å²) in [6, 6.07) is 6.82. The van der Waals surface area contributed by atoms with E-state index in [1.165, 1.54) is 0 Å². The van der Waals surface area contributed by atoms with E-state index < -0.39 is 7.81 Å². The minimum Gasteiger partial charge on any atom is -0.0755 e. The van der Waals surface area contributed by atoms with Gasteiger partial charge in [0.1, 0.15) is 5.02 Å². The molecule has 0 radical (unpaired) electrons. The Morgan fingerprint density at radius 1 is 1.00 bits per heavy atom. The van der Waals surface area contributed by atoms with Crippen LogP contribution in [0.2, 0.25) is 5.02 Å². The molecule has 16 heavy (non-hydrogen) atoms. The Kier molecular flexibility index (Phi) is 3.50. The molecule has 0 saturated heterocycles. The van der Waals surface area contributed by atoms with Gasteiger partial charge in [0, 0.05) is 6.07 Å². The zero-order valence-electron chi connectivity index (χ0n) is 7.30. The van der Waals surface area contributed by atoms with Gasteiger partial charge in [0.25, 0.3) is 0 Å². The normalized spacial score (nSPS) is 14.9. The van der Waals surface area contributed by atoms with E-state index in [1.54, 1.807) is 24.3 Å². The average Bonchev–Trinajstić information content (AvgIpc) is 1.99. The van der Waals surface area contributed by atoms with Crippen LogP contribution in [-0.4, -0.2) is 0 Å². The molecule has 0 saturated carbocycles. The van der Waals surface area contributed by atoms with Gasteiger partial charge in [-0.1, -0.05) is 23.7 Å². The molecular weight excluding hydrogens is 280 g/mol. The van der Waals surface area contributed by atoms with E-state index in [1.807, 2.05) is 0 Å². The third-order valence-electron chi connectivity index (χ3n) is 0.960. The van der Waals surface area contributed by atoms with Gasteiger partial charge >= 0.3 is 38.7 Å². The summed E-state index contributed by atoms with van der Waals surface area (Å²) in [5.41, 5.74) is 0.402. The summed E-state index contributed by atoms with van der Waals surface area (Å²) in [4.78, 5) is 2.94. The van der Waals surface area contributed by atoms with E-state index in [2.05, 4.69) is 4.98 Å². The van der Waals surface area contributed by atoms with Crippen LogP contribution in [0.3, 0.4) is 0 Å². The second-order valence-corrected chi connectivity index (χ2v) is 4.83. The molecule has 92 valence electrons. The summed E-state index contributed by atoms with van der Waals surface area (Å²) in [5.74, 6) is 0. The van der Waals surface area contributed by atoms with Gasteiger partial charge in [0.2, 0.25) is 5.39 Å². The van der Waals surface area contributed by atoms with Crippen molar-refractivity contribution in [1.82, 2.24) is 0 Å². The standard InChI is InChI=1S/C6H4ClN2.F6P/c7-5-3-1-2-4-6(5)9-8;1-7(2,3,4,5)6/h1-4H;/q+1;-1. The monoisotopic (exact) mass is 284 g/mol. The molecule has 0 spiro atoms. The number of nitrogens with zero attached hydrogens (tertiary/aromatic N) is 2. The van der Waals surface area contributed by atoms with Crippen molar-refractivity contribution in [1.29, 1.82) is 5.39 Å². The van der Waals surface area contributed by atoms with Crippen molar-refractivity contribution in [2.45, 2.75) is 0 Å². The van der Waals surface area contributed by atoms with Gasteiger partial charge in [-0.25, -0.2) is 0 Å². The molecule has 0 amide bonds. The molecule has 0 N–H and O–H groups in total. The molecule has 0 fully saturated rings. The molecule has 0 aliphatic heterocycles. The number of diazo groups is 1. The molecular formula is C6H4ClF6N2P. The minimum atomic E-state index is -10.7. The third kappa shape index (κ3) is 12.9. The number of hydrogen-bond acceptors (Lipinski definition) is 1. The molecule has 0 aliphatic rings. The molecule has 10 heteroatoms. The topological polar surface area (TPSA) is 28.1 Å². The SMILES string of the molecule is F[P-](F)(F)(F)(F)F.N#[N+]c1ccccc1Cl. The van der Waals surface area contributed by atoms with Crippen LogP contribution in [0.5, 0.6) is 0 Å². The molecule has 1 aromatic carbocycles. The maximum absolute atomic E-state index is 10.7. The van der Waals surface area contributed by atoms with Gasteiger partial charge in [0.05, 0.1) is 0 Å². The van der Waals surface area contributed by atoms with E-state index >= 15 is 0 Å². The predicted molar refractivity (Wildman–Crippen MR) is 49.8 cm³/mol. The molecule has 0 atom stereocenters. The van der Waals surface area contributed by atoms with Gasteiger partial charge in [-0.05, 0) is 6.07 Å². The summed E-state index contributed by atoms with van der Waals surface area (Å²) in [5, 5.41) is 8.72. The Morgan fingerprint density at radius 2 is 1.38 bits per heavy atom. The van der Waals surface area contributed by atoms with Gasteiger partial charge in [-0.15, -0.1) is 0 Å². The maximum Gasteiger partial charge on any atom is 0.403 e. The van der Waals surface area contributed by atoms with E-state index in [0.29, 0.717) is 10.7 Å². The zero-order valence-corrected chi connectivity index (χ0v) is 8.95.